The summed E-state index contributed by atoms with van der Waals surface area (Å²) < 4.78 is 16.9. The van der Waals surface area contributed by atoms with E-state index in [4.69, 9.17) is 14.2 Å². The summed E-state index contributed by atoms with van der Waals surface area (Å²) in [6.45, 7) is 3.50. The fourth-order valence-electron chi connectivity index (χ4n) is 3.33. The number of hydrogen-bond acceptors (Lipinski definition) is 5. The van der Waals surface area contributed by atoms with E-state index in [1.54, 1.807) is 26.3 Å². The van der Waals surface area contributed by atoms with Gasteiger partial charge < -0.3 is 29.5 Å². The lowest BCUT2D eigenvalue weighted by Gasteiger charge is -2.37. The van der Waals surface area contributed by atoms with Crippen molar-refractivity contribution in [3.8, 4) is 11.5 Å². The number of phenols is 1. The van der Waals surface area contributed by atoms with Crippen molar-refractivity contribution in [2.45, 2.75) is 31.6 Å². The number of halogens is 1. The number of nitrogens with zero attached hydrogens (tertiary/aromatic N) is 2. The van der Waals surface area contributed by atoms with Crippen LogP contribution in [-0.2, 0) is 16.0 Å². The highest BCUT2D eigenvalue weighted by Crippen LogP contribution is 2.23. The van der Waals surface area contributed by atoms with Crippen molar-refractivity contribution >= 4 is 29.9 Å². The zero-order chi connectivity index (χ0) is 17.6. The number of aromatic hydroxyl groups is 1. The predicted octanol–water partition coefficient (Wildman–Crippen LogP) is 1.97. The molecule has 0 aliphatic carbocycles. The first kappa shape index (κ1) is 21.0. The van der Waals surface area contributed by atoms with Gasteiger partial charge in [0.25, 0.3) is 0 Å². The number of hydrogen-bond donors (Lipinski definition) is 2. The number of benzene rings is 1. The molecule has 0 spiro atoms. The van der Waals surface area contributed by atoms with Crippen LogP contribution >= 0.6 is 24.0 Å². The highest BCUT2D eigenvalue weighted by Gasteiger charge is 2.32. The highest BCUT2D eigenvalue weighted by atomic mass is 127. The van der Waals surface area contributed by atoms with Crippen molar-refractivity contribution in [3.63, 3.8) is 0 Å². The number of nitrogens with one attached hydrogen (secondary N) is 1. The Morgan fingerprint density at radius 1 is 1.35 bits per heavy atom. The lowest BCUT2D eigenvalue weighted by atomic mass is 10.1. The summed E-state index contributed by atoms with van der Waals surface area (Å²) in [7, 11) is 3.38. The highest BCUT2D eigenvalue weighted by molar-refractivity contribution is 14.0. The SMILES string of the molecule is CN=C(NCc1cc(OC)ccc1O)N1CCOC(C2CCCO2)C1.I. The molecule has 0 radical (unpaired) electrons. The molecule has 2 atom stereocenters. The van der Waals surface area contributed by atoms with Gasteiger partial charge in [-0.1, -0.05) is 0 Å². The Kier molecular flexibility index (Phi) is 8.23. The molecule has 2 unspecified atom stereocenters. The van der Waals surface area contributed by atoms with Gasteiger partial charge in [-0.3, -0.25) is 4.99 Å². The summed E-state index contributed by atoms with van der Waals surface area (Å²) in [5.41, 5.74) is 0.768. The van der Waals surface area contributed by atoms with Crippen LogP contribution in [0.25, 0.3) is 0 Å². The Balaban J connectivity index is 0.00000243. The van der Waals surface area contributed by atoms with Gasteiger partial charge in [-0.05, 0) is 31.0 Å². The molecule has 146 valence electrons. The van der Waals surface area contributed by atoms with Crippen molar-refractivity contribution in [2.24, 2.45) is 4.99 Å². The molecule has 2 aliphatic heterocycles. The lowest BCUT2D eigenvalue weighted by Crippen LogP contribution is -2.53. The fraction of sp³-hybridized carbons (Fsp3) is 0.611. The second-order valence-electron chi connectivity index (χ2n) is 6.30. The Morgan fingerprint density at radius 3 is 2.85 bits per heavy atom. The van der Waals surface area contributed by atoms with Crippen molar-refractivity contribution in [1.29, 1.82) is 0 Å². The van der Waals surface area contributed by atoms with Gasteiger partial charge in [-0.15, -0.1) is 24.0 Å². The monoisotopic (exact) mass is 477 g/mol. The summed E-state index contributed by atoms with van der Waals surface area (Å²) in [6.07, 6.45) is 2.43. The van der Waals surface area contributed by atoms with E-state index >= 15 is 0 Å². The van der Waals surface area contributed by atoms with Crippen LogP contribution in [-0.4, -0.2) is 68.6 Å². The molecular formula is C18H28IN3O4. The fourth-order valence-corrected chi connectivity index (χ4v) is 3.33. The predicted molar refractivity (Wildman–Crippen MR) is 111 cm³/mol. The summed E-state index contributed by atoms with van der Waals surface area (Å²) >= 11 is 0. The van der Waals surface area contributed by atoms with Crippen LogP contribution in [0.4, 0.5) is 0 Å². The molecule has 0 saturated carbocycles. The van der Waals surface area contributed by atoms with E-state index in [0.29, 0.717) is 13.2 Å². The van der Waals surface area contributed by atoms with E-state index in [0.717, 1.165) is 49.8 Å². The topological polar surface area (TPSA) is 75.6 Å². The minimum Gasteiger partial charge on any atom is -0.508 e. The molecule has 3 rings (SSSR count). The van der Waals surface area contributed by atoms with Gasteiger partial charge in [0.05, 0.1) is 19.8 Å². The first-order valence-corrected chi connectivity index (χ1v) is 8.76. The van der Waals surface area contributed by atoms with E-state index in [9.17, 15) is 5.11 Å². The first-order chi connectivity index (χ1) is 12.2. The maximum absolute atomic E-state index is 10.0. The Morgan fingerprint density at radius 2 is 2.15 bits per heavy atom. The molecule has 7 nitrogen and oxygen atoms in total. The molecule has 2 heterocycles. The third-order valence-electron chi connectivity index (χ3n) is 4.71. The molecule has 2 saturated heterocycles. The number of phenolic OH excluding ortho intramolecular Hbond substituents is 1. The Hall–Kier alpha value is -1.26. The van der Waals surface area contributed by atoms with Crippen LogP contribution in [0, 0.1) is 0 Å². The maximum Gasteiger partial charge on any atom is 0.194 e. The average Bonchev–Trinajstić information content (AvgIpc) is 3.19. The van der Waals surface area contributed by atoms with Gasteiger partial charge in [0, 0.05) is 38.9 Å². The largest absolute Gasteiger partial charge is 0.508 e. The molecule has 2 N–H and O–H groups in total. The van der Waals surface area contributed by atoms with Crippen molar-refractivity contribution in [1.82, 2.24) is 10.2 Å². The minimum atomic E-state index is 0. The van der Waals surface area contributed by atoms with Crippen LogP contribution in [0.5, 0.6) is 11.5 Å². The van der Waals surface area contributed by atoms with E-state index in [1.165, 1.54) is 0 Å². The van der Waals surface area contributed by atoms with Crippen molar-refractivity contribution in [3.05, 3.63) is 23.8 Å². The van der Waals surface area contributed by atoms with E-state index in [2.05, 4.69) is 15.2 Å². The first-order valence-electron chi connectivity index (χ1n) is 8.76. The van der Waals surface area contributed by atoms with Crippen molar-refractivity contribution in [2.75, 3.05) is 40.5 Å². The van der Waals surface area contributed by atoms with Crippen LogP contribution in [0.15, 0.2) is 23.2 Å². The number of aliphatic imine (C=N–C) groups is 1. The third-order valence-corrected chi connectivity index (χ3v) is 4.71. The zero-order valence-corrected chi connectivity index (χ0v) is 17.6. The molecule has 1 aromatic rings. The molecule has 0 aromatic heterocycles. The summed E-state index contributed by atoms with van der Waals surface area (Å²) in [6, 6.07) is 5.20. The smallest absolute Gasteiger partial charge is 0.194 e. The number of ether oxygens (including phenoxy) is 3. The Bertz CT molecular complexity index is 608. The molecule has 8 heteroatoms. The van der Waals surface area contributed by atoms with Crippen LogP contribution < -0.4 is 10.1 Å². The van der Waals surface area contributed by atoms with Gasteiger partial charge in [0.15, 0.2) is 5.96 Å². The minimum absolute atomic E-state index is 0. The second kappa shape index (κ2) is 10.2. The Labute approximate surface area is 171 Å². The molecule has 0 amide bonds. The van der Waals surface area contributed by atoms with Crippen LogP contribution in [0.1, 0.15) is 18.4 Å². The van der Waals surface area contributed by atoms with Crippen molar-refractivity contribution < 1.29 is 19.3 Å². The summed E-state index contributed by atoms with van der Waals surface area (Å²) in [5.74, 6) is 1.76. The number of methoxy groups -OCH3 is 1. The van der Waals surface area contributed by atoms with Gasteiger partial charge in [-0.2, -0.15) is 0 Å². The lowest BCUT2D eigenvalue weighted by molar-refractivity contribution is -0.0817. The number of guanidine groups is 1. The maximum atomic E-state index is 10.0. The molecular weight excluding hydrogens is 449 g/mol. The zero-order valence-electron chi connectivity index (χ0n) is 15.3. The van der Waals surface area contributed by atoms with Gasteiger partial charge in [-0.25, -0.2) is 0 Å². The van der Waals surface area contributed by atoms with Gasteiger partial charge in [0.1, 0.15) is 17.6 Å². The third kappa shape index (κ3) is 5.14. The quantitative estimate of drug-likeness (QED) is 0.393. The molecule has 0 bridgehead atoms. The molecule has 2 fully saturated rings. The van der Waals surface area contributed by atoms with Crippen LogP contribution in [0.3, 0.4) is 0 Å². The van der Waals surface area contributed by atoms with Gasteiger partial charge >= 0.3 is 0 Å². The second-order valence-corrected chi connectivity index (χ2v) is 6.30. The summed E-state index contributed by atoms with van der Waals surface area (Å²) in [5, 5.41) is 13.3. The average molecular weight is 477 g/mol. The van der Waals surface area contributed by atoms with Gasteiger partial charge in [0.2, 0.25) is 0 Å². The summed E-state index contributed by atoms with van der Waals surface area (Å²) in [4.78, 5) is 6.57. The van der Waals surface area contributed by atoms with E-state index in [-0.39, 0.29) is 41.9 Å². The molecule has 1 aromatic carbocycles. The standard InChI is InChI=1S/C18H27N3O4.HI/c1-19-18(20-11-13-10-14(23-2)5-6-15(13)22)21-7-9-25-17(12-21)16-4-3-8-24-16;/h5-6,10,16-17,22H,3-4,7-9,11-12H2,1-2H3,(H,19,20);1H. The molecule has 26 heavy (non-hydrogen) atoms. The molecule has 2 aliphatic rings. The number of morpholine rings is 1. The van der Waals surface area contributed by atoms with E-state index in [1.807, 2.05) is 6.07 Å². The normalized spacial score (nSPS) is 23.5. The van der Waals surface area contributed by atoms with Crippen LogP contribution in [0.2, 0.25) is 0 Å². The van der Waals surface area contributed by atoms with E-state index < -0.39 is 0 Å². The number of rotatable bonds is 4.